The van der Waals surface area contributed by atoms with Crippen LogP contribution in [0.25, 0.3) is 6.08 Å². The molecule has 0 fully saturated rings. The number of aromatic nitrogens is 2. The summed E-state index contributed by atoms with van der Waals surface area (Å²) in [6.07, 6.45) is 3.09. The van der Waals surface area contributed by atoms with Crippen molar-refractivity contribution in [1.82, 2.24) is 9.97 Å². The van der Waals surface area contributed by atoms with Crippen LogP contribution in [0.3, 0.4) is 0 Å². The molecule has 0 unspecified atom stereocenters. The second-order valence-corrected chi connectivity index (χ2v) is 5.15. The van der Waals surface area contributed by atoms with Gasteiger partial charge in [-0.05, 0) is 17.2 Å². The molecule has 0 saturated heterocycles. The smallest absolute Gasteiger partial charge is 0.261 e. The molecule has 4 nitrogen and oxygen atoms in total. The summed E-state index contributed by atoms with van der Waals surface area (Å²) in [5.41, 5.74) is 2.74. The Labute approximate surface area is 141 Å². The van der Waals surface area contributed by atoms with E-state index in [1.165, 1.54) is 6.33 Å². The first-order valence-corrected chi connectivity index (χ1v) is 7.67. The molecule has 0 atom stereocenters. The molecule has 0 saturated carbocycles. The van der Waals surface area contributed by atoms with Crippen LogP contribution >= 0.6 is 0 Å². The lowest BCUT2D eigenvalue weighted by Crippen LogP contribution is -2.04. The number of hydrogen-bond donors (Lipinski definition) is 0. The fourth-order valence-electron chi connectivity index (χ4n) is 2.21. The van der Waals surface area contributed by atoms with Gasteiger partial charge in [-0.1, -0.05) is 67.2 Å². The van der Waals surface area contributed by atoms with Gasteiger partial charge < -0.3 is 9.47 Å². The highest BCUT2D eigenvalue weighted by Gasteiger charge is 2.13. The van der Waals surface area contributed by atoms with Gasteiger partial charge in [0.2, 0.25) is 5.75 Å². The van der Waals surface area contributed by atoms with E-state index in [0.717, 1.165) is 11.1 Å². The van der Waals surface area contributed by atoms with Crippen LogP contribution in [0.4, 0.5) is 0 Å². The van der Waals surface area contributed by atoms with Gasteiger partial charge in [-0.2, -0.15) is 4.98 Å². The van der Waals surface area contributed by atoms with Crippen LogP contribution in [0, 0.1) is 0 Å². The third kappa shape index (κ3) is 3.98. The predicted molar refractivity (Wildman–Crippen MR) is 93.7 cm³/mol. The second kappa shape index (κ2) is 7.92. The Morgan fingerprint density at radius 1 is 0.792 bits per heavy atom. The van der Waals surface area contributed by atoms with Crippen LogP contribution in [-0.4, -0.2) is 9.97 Å². The monoisotopic (exact) mass is 318 g/mol. The van der Waals surface area contributed by atoms with Crippen molar-refractivity contribution < 1.29 is 9.47 Å². The summed E-state index contributed by atoms with van der Waals surface area (Å²) in [5, 5.41) is 0. The van der Waals surface area contributed by atoms with Crippen LogP contribution in [-0.2, 0) is 13.2 Å². The van der Waals surface area contributed by atoms with Crippen molar-refractivity contribution in [2.45, 2.75) is 13.2 Å². The van der Waals surface area contributed by atoms with Gasteiger partial charge in [-0.25, -0.2) is 4.98 Å². The van der Waals surface area contributed by atoms with Crippen LogP contribution in [0.2, 0.25) is 0 Å². The number of benzene rings is 2. The van der Waals surface area contributed by atoms with Crippen LogP contribution < -0.4 is 9.47 Å². The van der Waals surface area contributed by atoms with Gasteiger partial charge in [0.05, 0.1) is 0 Å². The van der Waals surface area contributed by atoms with Crippen molar-refractivity contribution in [2.24, 2.45) is 0 Å². The molecule has 0 bridgehead atoms. The molecule has 0 aliphatic rings. The molecule has 0 N–H and O–H groups in total. The molecule has 24 heavy (non-hydrogen) atoms. The van der Waals surface area contributed by atoms with E-state index in [1.807, 2.05) is 60.7 Å². The minimum Gasteiger partial charge on any atom is -0.481 e. The summed E-state index contributed by atoms with van der Waals surface area (Å²) < 4.78 is 11.7. The van der Waals surface area contributed by atoms with E-state index in [2.05, 4.69) is 16.5 Å². The lowest BCUT2D eigenvalue weighted by molar-refractivity contribution is 0.245. The van der Waals surface area contributed by atoms with Gasteiger partial charge in [0, 0.05) is 0 Å². The molecule has 0 spiro atoms. The molecule has 0 radical (unpaired) electrons. The maximum absolute atomic E-state index is 5.91. The molecule has 3 aromatic rings. The third-order valence-corrected chi connectivity index (χ3v) is 3.44. The van der Waals surface area contributed by atoms with Crippen molar-refractivity contribution in [2.75, 3.05) is 0 Å². The average Bonchev–Trinajstić information content (AvgIpc) is 2.66. The Kier molecular flexibility index (Phi) is 5.20. The van der Waals surface area contributed by atoms with Gasteiger partial charge in [0.1, 0.15) is 25.2 Å². The predicted octanol–water partition coefficient (Wildman–Crippen LogP) is 4.28. The van der Waals surface area contributed by atoms with E-state index in [-0.39, 0.29) is 0 Å². The molecule has 4 heteroatoms. The van der Waals surface area contributed by atoms with Gasteiger partial charge in [0.25, 0.3) is 5.88 Å². The van der Waals surface area contributed by atoms with Gasteiger partial charge in [-0.3, -0.25) is 0 Å². The Balaban J connectivity index is 1.77. The largest absolute Gasteiger partial charge is 0.481 e. The maximum atomic E-state index is 5.91. The summed E-state index contributed by atoms with van der Waals surface area (Å²) in [4.78, 5) is 8.40. The quantitative estimate of drug-likeness (QED) is 0.652. The zero-order chi connectivity index (χ0) is 16.6. The molecular formula is C20H18N2O2. The van der Waals surface area contributed by atoms with Crippen molar-refractivity contribution in [3.8, 4) is 11.6 Å². The third-order valence-electron chi connectivity index (χ3n) is 3.44. The van der Waals surface area contributed by atoms with E-state index in [1.54, 1.807) is 6.08 Å². The van der Waals surface area contributed by atoms with Crippen molar-refractivity contribution in [3.63, 3.8) is 0 Å². The molecule has 0 aliphatic heterocycles. The highest BCUT2D eigenvalue weighted by atomic mass is 16.5. The Hall–Kier alpha value is -3.14. The van der Waals surface area contributed by atoms with E-state index in [0.29, 0.717) is 30.5 Å². The van der Waals surface area contributed by atoms with Crippen molar-refractivity contribution >= 4 is 6.08 Å². The fourth-order valence-corrected chi connectivity index (χ4v) is 2.21. The molecule has 120 valence electrons. The van der Waals surface area contributed by atoms with E-state index >= 15 is 0 Å². The molecule has 1 heterocycles. The van der Waals surface area contributed by atoms with E-state index < -0.39 is 0 Å². The first kappa shape index (κ1) is 15.7. The first-order chi connectivity index (χ1) is 11.9. The number of hydrogen-bond acceptors (Lipinski definition) is 4. The minimum absolute atomic E-state index is 0.413. The molecule has 2 aromatic carbocycles. The summed E-state index contributed by atoms with van der Waals surface area (Å²) in [6.45, 7) is 4.61. The Bertz CT molecular complexity index is 789. The number of nitrogens with zero attached hydrogens (tertiary/aromatic N) is 2. The van der Waals surface area contributed by atoms with Crippen molar-refractivity contribution in [3.05, 3.63) is 90.4 Å². The van der Waals surface area contributed by atoms with Gasteiger partial charge >= 0.3 is 0 Å². The minimum atomic E-state index is 0.413. The zero-order valence-electron chi connectivity index (χ0n) is 13.3. The summed E-state index contributed by atoms with van der Waals surface area (Å²) in [5.74, 6) is 0.923. The second-order valence-electron chi connectivity index (χ2n) is 5.15. The molecule has 0 aliphatic carbocycles. The lowest BCUT2D eigenvalue weighted by atomic mass is 10.2. The topological polar surface area (TPSA) is 44.2 Å². The summed E-state index contributed by atoms with van der Waals surface area (Å²) >= 11 is 0. The normalized spacial score (nSPS) is 10.2. The standard InChI is InChI=1S/C20H18N2O2/c1-2-18-19(23-13-16-9-5-3-6-10-16)20(22-15-21-18)24-14-17-11-7-4-8-12-17/h2-12,15H,1,13-14H2. The Morgan fingerprint density at radius 2 is 1.38 bits per heavy atom. The average molecular weight is 318 g/mol. The van der Waals surface area contributed by atoms with Crippen LogP contribution in [0.15, 0.2) is 73.6 Å². The molecular weight excluding hydrogens is 300 g/mol. The number of rotatable bonds is 7. The molecule has 3 rings (SSSR count). The molecule has 0 amide bonds. The summed E-state index contributed by atoms with van der Waals surface area (Å²) in [7, 11) is 0. The van der Waals surface area contributed by atoms with E-state index in [4.69, 9.17) is 9.47 Å². The number of ether oxygens (including phenoxy) is 2. The van der Waals surface area contributed by atoms with Crippen LogP contribution in [0.5, 0.6) is 11.6 Å². The highest BCUT2D eigenvalue weighted by Crippen LogP contribution is 2.29. The van der Waals surface area contributed by atoms with Crippen LogP contribution in [0.1, 0.15) is 16.8 Å². The lowest BCUT2D eigenvalue weighted by Gasteiger charge is -2.13. The fraction of sp³-hybridized carbons (Fsp3) is 0.100. The highest BCUT2D eigenvalue weighted by molar-refractivity contribution is 5.54. The van der Waals surface area contributed by atoms with Crippen molar-refractivity contribution in [1.29, 1.82) is 0 Å². The zero-order valence-corrected chi connectivity index (χ0v) is 13.3. The maximum Gasteiger partial charge on any atom is 0.261 e. The molecule has 1 aromatic heterocycles. The SMILES string of the molecule is C=Cc1ncnc(OCc2ccccc2)c1OCc1ccccc1. The summed E-state index contributed by atoms with van der Waals surface area (Å²) in [6, 6.07) is 19.8. The Morgan fingerprint density at radius 3 is 1.96 bits per heavy atom. The van der Waals surface area contributed by atoms with E-state index in [9.17, 15) is 0 Å². The van der Waals surface area contributed by atoms with Gasteiger partial charge in [0.15, 0.2) is 0 Å². The first-order valence-electron chi connectivity index (χ1n) is 7.67. The van der Waals surface area contributed by atoms with Gasteiger partial charge in [-0.15, -0.1) is 0 Å².